The first-order valence-electron chi connectivity index (χ1n) is 5.68. The highest BCUT2D eigenvalue weighted by molar-refractivity contribution is 8.01. The summed E-state index contributed by atoms with van der Waals surface area (Å²) in [6, 6.07) is 4.14. The zero-order chi connectivity index (χ0) is 12.7. The number of hydrogen-bond acceptors (Lipinski definition) is 5. The molecule has 0 spiro atoms. The quantitative estimate of drug-likeness (QED) is 0.471. The first kappa shape index (κ1) is 14.5. The maximum Gasteiger partial charge on any atom is 0.325 e. The van der Waals surface area contributed by atoms with E-state index in [9.17, 15) is 4.79 Å². The number of hydrogen-bond donors (Lipinski definition) is 1. The van der Waals surface area contributed by atoms with Crippen LogP contribution in [-0.4, -0.2) is 23.9 Å². The fourth-order valence-corrected chi connectivity index (χ4v) is 3.16. The number of ether oxygens (including phenoxy) is 1. The van der Waals surface area contributed by atoms with Crippen molar-refractivity contribution in [1.29, 1.82) is 0 Å². The van der Waals surface area contributed by atoms with E-state index < -0.39 is 5.54 Å². The van der Waals surface area contributed by atoms with Gasteiger partial charge in [-0.15, -0.1) is 23.1 Å². The molecule has 1 aromatic rings. The van der Waals surface area contributed by atoms with E-state index in [1.165, 1.54) is 4.21 Å². The number of carbonyl (C=O) groups excluding carboxylic acids is 1. The molecule has 0 bridgehead atoms. The minimum Gasteiger partial charge on any atom is -0.465 e. The summed E-state index contributed by atoms with van der Waals surface area (Å²) in [4.78, 5) is 11.5. The molecule has 3 nitrogen and oxygen atoms in total. The molecule has 0 aliphatic rings. The van der Waals surface area contributed by atoms with Gasteiger partial charge in [0.25, 0.3) is 0 Å². The van der Waals surface area contributed by atoms with Crippen LogP contribution in [0.3, 0.4) is 0 Å². The largest absolute Gasteiger partial charge is 0.465 e. The van der Waals surface area contributed by atoms with Crippen LogP contribution in [0, 0.1) is 0 Å². The van der Waals surface area contributed by atoms with Gasteiger partial charge in [0.05, 0.1) is 10.8 Å². The van der Waals surface area contributed by atoms with E-state index in [0.29, 0.717) is 13.0 Å². The van der Waals surface area contributed by atoms with Crippen molar-refractivity contribution in [2.24, 2.45) is 5.73 Å². The topological polar surface area (TPSA) is 52.3 Å². The van der Waals surface area contributed by atoms with Crippen LogP contribution >= 0.6 is 23.1 Å². The SMILES string of the molecule is CCOC(=O)C(C)(N)CCCSc1cccs1. The van der Waals surface area contributed by atoms with Gasteiger partial charge in [0.2, 0.25) is 0 Å². The fourth-order valence-electron chi connectivity index (χ4n) is 1.36. The maximum atomic E-state index is 11.5. The Balaban J connectivity index is 2.23. The smallest absolute Gasteiger partial charge is 0.325 e. The lowest BCUT2D eigenvalue weighted by atomic mass is 9.98. The second-order valence-electron chi connectivity index (χ2n) is 4.02. The van der Waals surface area contributed by atoms with E-state index in [1.807, 2.05) is 6.07 Å². The first-order chi connectivity index (χ1) is 8.06. The maximum absolute atomic E-state index is 11.5. The van der Waals surface area contributed by atoms with Crippen molar-refractivity contribution >= 4 is 29.1 Å². The molecular weight excluding hydrogens is 254 g/mol. The molecule has 1 unspecified atom stereocenters. The van der Waals surface area contributed by atoms with Gasteiger partial charge < -0.3 is 10.5 Å². The van der Waals surface area contributed by atoms with Crippen LogP contribution in [-0.2, 0) is 9.53 Å². The number of nitrogens with two attached hydrogens (primary N) is 1. The van der Waals surface area contributed by atoms with Gasteiger partial charge in [0, 0.05) is 0 Å². The normalized spacial score (nSPS) is 14.3. The van der Waals surface area contributed by atoms with Crippen molar-refractivity contribution in [3.05, 3.63) is 17.5 Å². The molecule has 0 saturated carbocycles. The minimum atomic E-state index is -0.855. The van der Waals surface area contributed by atoms with Gasteiger partial charge in [-0.05, 0) is 43.9 Å². The van der Waals surface area contributed by atoms with Gasteiger partial charge in [0.1, 0.15) is 5.54 Å². The highest BCUT2D eigenvalue weighted by atomic mass is 32.2. The predicted molar refractivity (Wildman–Crippen MR) is 73.5 cm³/mol. The van der Waals surface area contributed by atoms with Crippen LogP contribution in [0.2, 0.25) is 0 Å². The standard InChI is InChI=1S/C12H19NO2S2/c1-3-15-11(14)12(2,13)7-5-9-17-10-6-4-8-16-10/h4,6,8H,3,5,7,9,13H2,1-2H3. The molecule has 5 heteroatoms. The van der Waals surface area contributed by atoms with Crippen LogP contribution in [0.4, 0.5) is 0 Å². The lowest BCUT2D eigenvalue weighted by Crippen LogP contribution is -2.46. The Morgan fingerprint density at radius 1 is 1.65 bits per heavy atom. The Morgan fingerprint density at radius 3 is 3.00 bits per heavy atom. The lowest BCUT2D eigenvalue weighted by Gasteiger charge is -2.21. The molecule has 17 heavy (non-hydrogen) atoms. The summed E-state index contributed by atoms with van der Waals surface area (Å²) in [6.45, 7) is 3.91. The molecular formula is C12H19NO2S2. The Labute approximate surface area is 111 Å². The Morgan fingerprint density at radius 2 is 2.41 bits per heavy atom. The van der Waals surface area contributed by atoms with Crippen molar-refractivity contribution < 1.29 is 9.53 Å². The van der Waals surface area contributed by atoms with Crippen molar-refractivity contribution in [2.45, 2.75) is 36.4 Å². The highest BCUT2D eigenvalue weighted by Gasteiger charge is 2.28. The zero-order valence-electron chi connectivity index (χ0n) is 10.3. The molecule has 0 radical (unpaired) electrons. The third-order valence-electron chi connectivity index (χ3n) is 2.32. The second-order valence-corrected chi connectivity index (χ2v) is 6.36. The second kappa shape index (κ2) is 7.03. The average Bonchev–Trinajstić information content (AvgIpc) is 2.77. The van der Waals surface area contributed by atoms with Crippen molar-refractivity contribution in [3.63, 3.8) is 0 Å². The van der Waals surface area contributed by atoms with E-state index in [1.54, 1.807) is 36.9 Å². The molecule has 0 aliphatic carbocycles. The lowest BCUT2D eigenvalue weighted by molar-refractivity contribution is -0.149. The van der Waals surface area contributed by atoms with E-state index >= 15 is 0 Å². The van der Waals surface area contributed by atoms with Gasteiger partial charge >= 0.3 is 5.97 Å². The number of thioether (sulfide) groups is 1. The Kier molecular flexibility index (Phi) is 6.02. The van der Waals surface area contributed by atoms with Crippen molar-refractivity contribution in [3.8, 4) is 0 Å². The van der Waals surface area contributed by atoms with Gasteiger partial charge in [0.15, 0.2) is 0 Å². The average molecular weight is 273 g/mol. The van der Waals surface area contributed by atoms with Gasteiger partial charge in [-0.2, -0.15) is 0 Å². The molecule has 0 aromatic carbocycles. The van der Waals surface area contributed by atoms with Crippen LogP contribution in [0.25, 0.3) is 0 Å². The van der Waals surface area contributed by atoms with Gasteiger partial charge in [-0.1, -0.05) is 6.07 Å². The van der Waals surface area contributed by atoms with Crippen LogP contribution in [0.15, 0.2) is 21.7 Å². The molecule has 1 atom stereocenters. The predicted octanol–water partition coefficient (Wildman–Crippen LogP) is 2.90. The number of thiophene rings is 1. The summed E-state index contributed by atoms with van der Waals surface area (Å²) in [6.07, 6.45) is 1.57. The molecule has 0 amide bonds. The summed E-state index contributed by atoms with van der Waals surface area (Å²) in [5.41, 5.74) is 5.07. The summed E-state index contributed by atoms with van der Waals surface area (Å²) in [7, 11) is 0. The third kappa shape index (κ3) is 5.10. The highest BCUT2D eigenvalue weighted by Crippen LogP contribution is 2.25. The van der Waals surface area contributed by atoms with Crippen LogP contribution < -0.4 is 5.73 Å². The number of carbonyl (C=O) groups is 1. The van der Waals surface area contributed by atoms with E-state index in [-0.39, 0.29) is 5.97 Å². The van der Waals surface area contributed by atoms with E-state index in [4.69, 9.17) is 10.5 Å². The first-order valence-corrected chi connectivity index (χ1v) is 7.55. The van der Waals surface area contributed by atoms with E-state index in [2.05, 4.69) is 11.4 Å². The molecule has 2 N–H and O–H groups in total. The Bertz CT molecular complexity index is 336. The Hall–Kier alpha value is -0.520. The molecule has 0 saturated heterocycles. The van der Waals surface area contributed by atoms with E-state index in [0.717, 1.165) is 12.2 Å². The molecule has 0 aliphatic heterocycles. The zero-order valence-corrected chi connectivity index (χ0v) is 11.9. The van der Waals surface area contributed by atoms with Crippen LogP contribution in [0.1, 0.15) is 26.7 Å². The molecule has 1 heterocycles. The van der Waals surface area contributed by atoms with Gasteiger partial charge in [-0.3, -0.25) is 4.79 Å². The molecule has 1 rings (SSSR count). The van der Waals surface area contributed by atoms with Crippen LogP contribution in [0.5, 0.6) is 0 Å². The monoisotopic (exact) mass is 273 g/mol. The number of rotatable bonds is 7. The number of esters is 1. The minimum absolute atomic E-state index is 0.305. The molecule has 0 fully saturated rings. The molecule has 1 aromatic heterocycles. The van der Waals surface area contributed by atoms with Crippen molar-refractivity contribution in [1.82, 2.24) is 0 Å². The fraction of sp³-hybridized carbons (Fsp3) is 0.583. The van der Waals surface area contributed by atoms with Gasteiger partial charge in [-0.25, -0.2) is 0 Å². The summed E-state index contributed by atoms with van der Waals surface area (Å²) < 4.78 is 6.25. The summed E-state index contributed by atoms with van der Waals surface area (Å²) in [5.74, 6) is 0.674. The third-order valence-corrected chi connectivity index (χ3v) is 4.54. The molecule has 96 valence electrons. The summed E-state index contributed by atoms with van der Waals surface area (Å²) in [5, 5.41) is 2.06. The summed E-state index contributed by atoms with van der Waals surface area (Å²) >= 11 is 3.54. The van der Waals surface area contributed by atoms with Crippen molar-refractivity contribution in [2.75, 3.05) is 12.4 Å².